The molecule has 0 saturated carbocycles. The number of ketones is 1. The average molecular weight is 432 g/mol. The van der Waals surface area contributed by atoms with Crippen LogP contribution < -0.4 is 4.74 Å². The third kappa shape index (κ3) is 4.71. The first-order valence-corrected chi connectivity index (χ1v) is 11.3. The second kappa shape index (κ2) is 9.40. The monoisotopic (exact) mass is 431 g/mol. The first-order chi connectivity index (χ1) is 14.4. The van der Waals surface area contributed by atoms with Crippen molar-refractivity contribution in [3.8, 4) is 5.75 Å². The van der Waals surface area contributed by atoms with E-state index in [2.05, 4.69) is 0 Å². The maximum atomic E-state index is 12.9. The SMILES string of the molecule is CCc1ccc(C(=O)COC(=O)c2ccc(OC)c(S(=O)(=O)N3CCCC3)c2)cc1. The second-order valence-electron chi connectivity index (χ2n) is 7.03. The lowest BCUT2D eigenvalue weighted by molar-refractivity contribution is 0.0474. The summed E-state index contributed by atoms with van der Waals surface area (Å²) < 4.78 is 37.6. The number of esters is 1. The van der Waals surface area contributed by atoms with Gasteiger partial charge in [0.1, 0.15) is 10.6 Å². The minimum atomic E-state index is -3.78. The van der Waals surface area contributed by atoms with E-state index in [1.165, 1.54) is 29.6 Å². The van der Waals surface area contributed by atoms with Gasteiger partial charge in [0.05, 0.1) is 12.7 Å². The maximum absolute atomic E-state index is 12.9. The Labute approximate surface area is 176 Å². The summed E-state index contributed by atoms with van der Waals surface area (Å²) in [6, 6.07) is 11.2. The number of Topliss-reactive ketones (excluding diaryl/α,β-unsaturated/α-hetero) is 1. The van der Waals surface area contributed by atoms with Crippen molar-refractivity contribution in [1.29, 1.82) is 0 Å². The standard InChI is InChI=1S/C22H25NO6S/c1-3-16-6-8-17(9-7-16)19(24)15-29-22(25)18-10-11-20(28-2)21(14-18)30(26,27)23-12-4-5-13-23/h6-11,14H,3-5,12-13,15H2,1-2H3. The van der Waals surface area contributed by atoms with Crippen molar-refractivity contribution in [2.45, 2.75) is 31.1 Å². The molecule has 1 aliphatic rings. The predicted octanol–water partition coefficient (Wildman–Crippen LogP) is 3.08. The van der Waals surface area contributed by atoms with Crippen molar-refractivity contribution in [2.75, 3.05) is 26.8 Å². The second-order valence-corrected chi connectivity index (χ2v) is 8.93. The van der Waals surface area contributed by atoms with Gasteiger partial charge in [-0.1, -0.05) is 31.2 Å². The number of hydrogen-bond acceptors (Lipinski definition) is 6. The molecule has 1 saturated heterocycles. The highest BCUT2D eigenvalue weighted by molar-refractivity contribution is 7.89. The van der Waals surface area contributed by atoms with E-state index < -0.39 is 22.6 Å². The van der Waals surface area contributed by atoms with E-state index >= 15 is 0 Å². The van der Waals surface area contributed by atoms with E-state index in [9.17, 15) is 18.0 Å². The van der Waals surface area contributed by atoms with Gasteiger partial charge in [0.25, 0.3) is 0 Å². The minimum Gasteiger partial charge on any atom is -0.495 e. The lowest BCUT2D eigenvalue weighted by atomic mass is 10.1. The molecule has 0 aromatic heterocycles. The first kappa shape index (κ1) is 22.0. The van der Waals surface area contributed by atoms with E-state index in [1.807, 2.05) is 19.1 Å². The number of rotatable bonds is 8. The maximum Gasteiger partial charge on any atom is 0.338 e. The quantitative estimate of drug-likeness (QED) is 0.471. The van der Waals surface area contributed by atoms with Crippen LogP contribution >= 0.6 is 0 Å². The average Bonchev–Trinajstić information content (AvgIpc) is 3.32. The highest BCUT2D eigenvalue weighted by Gasteiger charge is 2.31. The Balaban J connectivity index is 1.75. The van der Waals surface area contributed by atoms with Gasteiger partial charge in [0.2, 0.25) is 10.0 Å². The lowest BCUT2D eigenvalue weighted by Gasteiger charge is -2.18. The molecule has 160 valence electrons. The van der Waals surface area contributed by atoms with Gasteiger partial charge in [-0.25, -0.2) is 13.2 Å². The van der Waals surface area contributed by atoms with Gasteiger partial charge >= 0.3 is 5.97 Å². The van der Waals surface area contributed by atoms with E-state index in [0.717, 1.165) is 24.8 Å². The van der Waals surface area contributed by atoms with Crippen molar-refractivity contribution in [1.82, 2.24) is 4.31 Å². The van der Waals surface area contributed by atoms with Crippen molar-refractivity contribution in [2.24, 2.45) is 0 Å². The molecular formula is C22H25NO6S. The Morgan fingerprint density at radius 1 is 1.00 bits per heavy atom. The molecule has 2 aromatic carbocycles. The Morgan fingerprint density at radius 3 is 2.23 bits per heavy atom. The summed E-state index contributed by atoms with van der Waals surface area (Å²) in [6.45, 7) is 2.47. The fourth-order valence-corrected chi connectivity index (χ4v) is 5.00. The van der Waals surface area contributed by atoms with Crippen LogP contribution in [0.5, 0.6) is 5.75 Å². The van der Waals surface area contributed by atoms with E-state index in [-0.39, 0.29) is 22.0 Å². The fourth-order valence-electron chi connectivity index (χ4n) is 3.30. The molecule has 0 bridgehead atoms. The number of carbonyl (C=O) groups is 2. The van der Waals surface area contributed by atoms with Crippen molar-refractivity contribution in [3.63, 3.8) is 0 Å². The highest BCUT2D eigenvalue weighted by Crippen LogP contribution is 2.30. The molecular weight excluding hydrogens is 406 g/mol. The van der Waals surface area contributed by atoms with Crippen LogP contribution in [-0.2, 0) is 21.2 Å². The number of methoxy groups -OCH3 is 1. The third-order valence-corrected chi connectivity index (χ3v) is 7.02. The zero-order valence-electron chi connectivity index (χ0n) is 17.1. The van der Waals surface area contributed by atoms with Gasteiger partial charge in [0, 0.05) is 18.7 Å². The molecule has 8 heteroatoms. The number of benzene rings is 2. The lowest BCUT2D eigenvalue weighted by Crippen LogP contribution is -2.28. The molecule has 30 heavy (non-hydrogen) atoms. The van der Waals surface area contributed by atoms with Crippen LogP contribution in [0.2, 0.25) is 0 Å². The van der Waals surface area contributed by atoms with Crippen molar-refractivity contribution in [3.05, 3.63) is 59.2 Å². The molecule has 7 nitrogen and oxygen atoms in total. The Hall–Kier alpha value is -2.71. The normalized spacial score (nSPS) is 14.5. The number of aryl methyl sites for hydroxylation is 1. The topological polar surface area (TPSA) is 90.0 Å². The Kier molecular flexibility index (Phi) is 6.89. The van der Waals surface area contributed by atoms with Crippen LogP contribution in [-0.4, -0.2) is 51.3 Å². The summed E-state index contributed by atoms with van der Waals surface area (Å²) in [5.41, 5.74) is 1.60. The molecule has 0 amide bonds. The number of hydrogen-bond donors (Lipinski definition) is 0. The molecule has 1 aliphatic heterocycles. The molecule has 0 atom stereocenters. The summed E-state index contributed by atoms with van der Waals surface area (Å²) >= 11 is 0. The van der Waals surface area contributed by atoms with E-state index in [1.54, 1.807) is 12.1 Å². The third-order valence-electron chi connectivity index (χ3n) is 5.10. The molecule has 1 heterocycles. The van der Waals surface area contributed by atoms with E-state index in [0.29, 0.717) is 18.7 Å². The first-order valence-electron chi connectivity index (χ1n) is 9.84. The van der Waals surface area contributed by atoms with Gasteiger partial charge in [-0.2, -0.15) is 4.31 Å². The highest BCUT2D eigenvalue weighted by atomic mass is 32.2. The Morgan fingerprint density at radius 2 is 1.63 bits per heavy atom. The summed E-state index contributed by atoms with van der Waals surface area (Å²) in [5.74, 6) is -0.941. The molecule has 2 aromatic rings. The van der Waals surface area contributed by atoms with Crippen LogP contribution in [0.15, 0.2) is 47.4 Å². The van der Waals surface area contributed by atoms with Gasteiger partial charge < -0.3 is 9.47 Å². The molecule has 0 radical (unpaired) electrons. The Bertz CT molecular complexity index is 1020. The summed E-state index contributed by atoms with van der Waals surface area (Å²) in [7, 11) is -2.41. The van der Waals surface area contributed by atoms with Crippen LogP contribution in [0.25, 0.3) is 0 Å². The number of sulfonamides is 1. The predicted molar refractivity (Wildman–Crippen MR) is 111 cm³/mol. The zero-order chi connectivity index (χ0) is 21.7. The molecule has 0 spiro atoms. The molecule has 0 N–H and O–H groups in total. The van der Waals surface area contributed by atoms with Gasteiger partial charge in [0.15, 0.2) is 12.4 Å². The van der Waals surface area contributed by atoms with Crippen molar-refractivity contribution >= 4 is 21.8 Å². The number of nitrogens with zero attached hydrogens (tertiary/aromatic N) is 1. The van der Waals surface area contributed by atoms with Crippen LogP contribution in [0.3, 0.4) is 0 Å². The molecule has 0 aliphatic carbocycles. The van der Waals surface area contributed by atoms with Gasteiger partial charge in [-0.05, 0) is 43.0 Å². The summed E-state index contributed by atoms with van der Waals surface area (Å²) in [4.78, 5) is 24.7. The zero-order valence-corrected chi connectivity index (χ0v) is 17.9. The number of carbonyl (C=O) groups excluding carboxylic acids is 2. The van der Waals surface area contributed by atoms with Crippen molar-refractivity contribution < 1.29 is 27.5 Å². The summed E-state index contributed by atoms with van der Waals surface area (Å²) in [5, 5.41) is 0. The number of ether oxygens (including phenoxy) is 2. The molecule has 3 rings (SSSR count). The van der Waals surface area contributed by atoms with Crippen LogP contribution in [0.4, 0.5) is 0 Å². The van der Waals surface area contributed by atoms with Gasteiger partial charge in [-0.15, -0.1) is 0 Å². The smallest absolute Gasteiger partial charge is 0.338 e. The van der Waals surface area contributed by atoms with Crippen LogP contribution in [0, 0.1) is 0 Å². The summed E-state index contributed by atoms with van der Waals surface area (Å²) in [6.07, 6.45) is 2.46. The minimum absolute atomic E-state index is 0.0442. The molecule has 0 unspecified atom stereocenters. The van der Waals surface area contributed by atoms with Gasteiger partial charge in [-0.3, -0.25) is 4.79 Å². The van der Waals surface area contributed by atoms with E-state index in [4.69, 9.17) is 9.47 Å². The van der Waals surface area contributed by atoms with Crippen LogP contribution in [0.1, 0.15) is 46.0 Å². The fraction of sp³-hybridized carbons (Fsp3) is 0.364. The molecule has 1 fully saturated rings. The largest absolute Gasteiger partial charge is 0.495 e.